The number of benzene rings is 3. The molecule has 170 valence electrons. The van der Waals surface area contributed by atoms with Crippen molar-refractivity contribution in [1.29, 1.82) is 0 Å². The molecule has 0 saturated carbocycles. The van der Waals surface area contributed by atoms with Crippen molar-refractivity contribution >= 4 is 23.2 Å². The van der Waals surface area contributed by atoms with Gasteiger partial charge in [0.2, 0.25) is 0 Å². The van der Waals surface area contributed by atoms with Crippen LogP contribution in [0.2, 0.25) is 0 Å². The molecule has 0 nitrogen and oxygen atoms in total. The highest BCUT2D eigenvalue weighted by molar-refractivity contribution is 7.95. The first kappa shape index (κ1) is 24.7. The average Bonchev–Trinajstić information content (AvgIpc) is 2.87. The Hall–Kier alpha value is -1.98. The molecule has 3 rings (SSSR count). The van der Waals surface area contributed by atoms with Gasteiger partial charge in [0.1, 0.15) is 23.2 Å². The standard InChI is InChI=1S/C30H39FP/c31-26-18-7-5-3-1-2-4-6-8-19-27-32(28-20-12-9-13-21-28,29-22-14-10-15-23-29)30-24-16-11-17-25-30/h9-17,20-25H,1-8,18-19,26-27H2/q+1. The molecule has 0 aliphatic carbocycles. The molecule has 0 unspecified atom stereocenters. The van der Waals surface area contributed by atoms with E-state index in [-0.39, 0.29) is 6.67 Å². The van der Waals surface area contributed by atoms with E-state index in [1.165, 1.54) is 73.4 Å². The van der Waals surface area contributed by atoms with Crippen molar-refractivity contribution in [2.75, 3.05) is 12.8 Å². The van der Waals surface area contributed by atoms with Crippen LogP contribution in [0, 0.1) is 0 Å². The molecule has 0 bridgehead atoms. The summed E-state index contributed by atoms with van der Waals surface area (Å²) in [5, 5.41) is 4.47. The summed E-state index contributed by atoms with van der Waals surface area (Å²) in [6.07, 6.45) is 13.3. The molecule has 0 radical (unpaired) electrons. The molecule has 0 aromatic heterocycles. The van der Waals surface area contributed by atoms with Crippen molar-refractivity contribution in [2.45, 2.75) is 64.2 Å². The Bertz CT molecular complexity index is 751. The predicted molar refractivity (Wildman–Crippen MR) is 142 cm³/mol. The molecule has 2 heteroatoms. The van der Waals surface area contributed by atoms with Crippen molar-refractivity contribution in [3.05, 3.63) is 91.0 Å². The van der Waals surface area contributed by atoms with Crippen LogP contribution in [-0.4, -0.2) is 12.8 Å². The van der Waals surface area contributed by atoms with Gasteiger partial charge in [0.05, 0.1) is 12.8 Å². The zero-order chi connectivity index (χ0) is 22.3. The molecule has 0 heterocycles. The normalized spacial score (nSPS) is 11.5. The second-order valence-corrected chi connectivity index (χ2v) is 12.4. The Morgan fingerprint density at radius 3 is 1.06 bits per heavy atom. The first-order valence-electron chi connectivity index (χ1n) is 12.5. The number of hydrogen-bond acceptors (Lipinski definition) is 0. The lowest BCUT2D eigenvalue weighted by atomic mass is 10.1. The van der Waals surface area contributed by atoms with Gasteiger partial charge in [-0.05, 0) is 55.7 Å². The number of rotatable bonds is 15. The highest BCUT2D eigenvalue weighted by atomic mass is 31.2. The van der Waals surface area contributed by atoms with E-state index in [9.17, 15) is 4.39 Å². The molecular weight excluding hydrogens is 410 g/mol. The lowest BCUT2D eigenvalue weighted by Crippen LogP contribution is -2.33. The minimum atomic E-state index is -1.66. The van der Waals surface area contributed by atoms with Crippen LogP contribution in [0.15, 0.2) is 91.0 Å². The summed E-state index contributed by atoms with van der Waals surface area (Å²) in [6.45, 7) is -0.154. The molecule has 3 aromatic rings. The minimum Gasteiger partial charge on any atom is -0.251 e. The number of halogens is 1. The minimum absolute atomic E-state index is 0.154. The van der Waals surface area contributed by atoms with Gasteiger partial charge in [0.15, 0.2) is 0 Å². The summed E-state index contributed by atoms with van der Waals surface area (Å²) in [6, 6.07) is 33.6. The van der Waals surface area contributed by atoms with Gasteiger partial charge in [-0.3, -0.25) is 4.39 Å². The average molecular weight is 450 g/mol. The van der Waals surface area contributed by atoms with E-state index in [0.717, 1.165) is 12.8 Å². The molecule has 0 atom stereocenters. The van der Waals surface area contributed by atoms with E-state index < -0.39 is 7.26 Å². The lowest BCUT2D eigenvalue weighted by Gasteiger charge is -2.27. The van der Waals surface area contributed by atoms with Crippen molar-refractivity contribution in [3.63, 3.8) is 0 Å². The SMILES string of the molecule is FCCCCCCCCCCCC[P+](c1ccccc1)(c1ccccc1)c1ccccc1. The van der Waals surface area contributed by atoms with E-state index in [1.54, 1.807) is 0 Å². The van der Waals surface area contributed by atoms with Crippen LogP contribution in [-0.2, 0) is 0 Å². The maximum absolute atomic E-state index is 12.2. The van der Waals surface area contributed by atoms with Crippen molar-refractivity contribution in [2.24, 2.45) is 0 Å². The third-order valence-electron chi connectivity index (χ3n) is 6.47. The van der Waals surface area contributed by atoms with Gasteiger partial charge in [0.25, 0.3) is 0 Å². The van der Waals surface area contributed by atoms with Crippen LogP contribution < -0.4 is 15.9 Å². The molecule has 0 aliphatic heterocycles. The first-order chi connectivity index (χ1) is 15.9. The van der Waals surface area contributed by atoms with E-state index in [2.05, 4.69) is 91.0 Å². The van der Waals surface area contributed by atoms with Gasteiger partial charge in [-0.1, -0.05) is 99.5 Å². The molecule has 0 fully saturated rings. The third-order valence-corrected chi connectivity index (χ3v) is 11.0. The quantitative estimate of drug-likeness (QED) is 0.164. The summed E-state index contributed by atoms with van der Waals surface area (Å²) in [4.78, 5) is 0. The Balaban J connectivity index is 1.64. The van der Waals surface area contributed by atoms with Crippen LogP contribution in [0.3, 0.4) is 0 Å². The molecule has 0 saturated heterocycles. The molecule has 0 spiro atoms. The lowest BCUT2D eigenvalue weighted by molar-refractivity contribution is 0.449. The maximum Gasteiger partial charge on any atom is 0.112 e. The summed E-state index contributed by atoms with van der Waals surface area (Å²) in [5.74, 6) is 0. The Morgan fingerprint density at radius 2 is 0.719 bits per heavy atom. The summed E-state index contributed by atoms with van der Waals surface area (Å²) in [5.41, 5.74) is 0. The molecule has 32 heavy (non-hydrogen) atoms. The predicted octanol–water partition coefficient (Wildman–Crippen LogP) is 7.85. The van der Waals surface area contributed by atoms with Crippen molar-refractivity contribution in [3.8, 4) is 0 Å². The zero-order valence-electron chi connectivity index (χ0n) is 19.5. The van der Waals surface area contributed by atoms with E-state index in [4.69, 9.17) is 0 Å². The molecular formula is C30H39FP+. The number of unbranched alkanes of at least 4 members (excludes halogenated alkanes) is 9. The summed E-state index contributed by atoms with van der Waals surface area (Å²) in [7, 11) is -1.66. The smallest absolute Gasteiger partial charge is 0.112 e. The Labute approximate surface area is 195 Å². The van der Waals surface area contributed by atoms with Crippen LogP contribution in [0.5, 0.6) is 0 Å². The molecule has 3 aromatic carbocycles. The zero-order valence-corrected chi connectivity index (χ0v) is 20.4. The van der Waals surface area contributed by atoms with Crippen LogP contribution in [0.4, 0.5) is 4.39 Å². The van der Waals surface area contributed by atoms with Crippen LogP contribution >= 0.6 is 7.26 Å². The van der Waals surface area contributed by atoms with Gasteiger partial charge in [0, 0.05) is 0 Å². The van der Waals surface area contributed by atoms with E-state index >= 15 is 0 Å². The largest absolute Gasteiger partial charge is 0.251 e. The number of hydrogen-bond donors (Lipinski definition) is 0. The summed E-state index contributed by atoms with van der Waals surface area (Å²) >= 11 is 0. The second-order valence-electron chi connectivity index (χ2n) is 8.76. The van der Waals surface area contributed by atoms with Crippen LogP contribution in [0.25, 0.3) is 0 Å². The molecule has 0 amide bonds. The first-order valence-corrected chi connectivity index (χ1v) is 14.5. The topological polar surface area (TPSA) is 0 Å². The Kier molecular flexibility index (Phi) is 11.0. The summed E-state index contributed by atoms with van der Waals surface area (Å²) < 4.78 is 12.2. The van der Waals surface area contributed by atoms with Crippen molar-refractivity contribution in [1.82, 2.24) is 0 Å². The third kappa shape index (κ3) is 7.01. The maximum atomic E-state index is 12.2. The monoisotopic (exact) mass is 449 g/mol. The fourth-order valence-electron chi connectivity index (χ4n) is 4.74. The van der Waals surface area contributed by atoms with Crippen LogP contribution in [0.1, 0.15) is 64.2 Å². The van der Waals surface area contributed by atoms with Gasteiger partial charge >= 0.3 is 0 Å². The van der Waals surface area contributed by atoms with Gasteiger partial charge in [-0.15, -0.1) is 0 Å². The fraction of sp³-hybridized carbons (Fsp3) is 0.400. The van der Waals surface area contributed by atoms with Gasteiger partial charge < -0.3 is 0 Å². The van der Waals surface area contributed by atoms with E-state index in [0.29, 0.717) is 0 Å². The molecule has 0 aliphatic rings. The second kappa shape index (κ2) is 14.2. The molecule has 0 N–H and O–H groups in total. The highest BCUT2D eigenvalue weighted by Crippen LogP contribution is 2.55. The van der Waals surface area contributed by atoms with Gasteiger partial charge in [-0.2, -0.15) is 0 Å². The highest BCUT2D eigenvalue weighted by Gasteiger charge is 2.44. The fourth-order valence-corrected chi connectivity index (χ4v) is 9.15. The van der Waals surface area contributed by atoms with Gasteiger partial charge in [-0.25, -0.2) is 0 Å². The van der Waals surface area contributed by atoms with Crippen molar-refractivity contribution < 1.29 is 4.39 Å². The number of alkyl halides is 1. The van der Waals surface area contributed by atoms with E-state index in [1.807, 2.05) is 0 Å². The Morgan fingerprint density at radius 1 is 0.406 bits per heavy atom.